The maximum atomic E-state index is 5.07. The summed E-state index contributed by atoms with van der Waals surface area (Å²) in [5, 5.41) is 6.69. The Morgan fingerprint density at radius 3 is 2.57 bits per heavy atom. The molecule has 0 saturated carbocycles. The van der Waals surface area contributed by atoms with Gasteiger partial charge in [0.05, 0.1) is 6.54 Å². The minimum absolute atomic E-state index is 0.180. The van der Waals surface area contributed by atoms with Crippen LogP contribution in [0.15, 0.2) is 4.99 Å². The zero-order chi connectivity index (χ0) is 16.1. The quantitative estimate of drug-likeness (QED) is 0.345. The molecule has 0 atom stereocenters. The van der Waals surface area contributed by atoms with Crippen molar-refractivity contribution in [3.63, 3.8) is 0 Å². The molecular weight excluding hydrogens is 284 g/mol. The summed E-state index contributed by atoms with van der Waals surface area (Å²) in [7, 11) is 3.88. The number of methoxy groups -OCH3 is 1. The summed E-state index contributed by atoms with van der Waals surface area (Å²) in [5.41, 5.74) is 0. The number of nitrogens with one attached hydrogen (secondary N) is 2. The van der Waals surface area contributed by atoms with Gasteiger partial charge >= 0.3 is 0 Å². The highest BCUT2D eigenvalue weighted by Gasteiger charge is 2.15. The molecule has 0 aromatic carbocycles. The molecule has 0 aromatic rings. The molecule has 0 saturated heterocycles. The van der Waals surface area contributed by atoms with E-state index < -0.39 is 0 Å². The number of nitrogens with zero attached hydrogens (tertiary/aromatic N) is 2. The largest absolute Gasteiger partial charge is 0.385 e. The molecule has 0 aromatic heterocycles. The number of hydrogen-bond donors (Lipinski definition) is 2. The fourth-order valence-electron chi connectivity index (χ4n) is 1.63. The van der Waals surface area contributed by atoms with Crippen LogP contribution in [0.5, 0.6) is 0 Å². The lowest BCUT2D eigenvalue weighted by Crippen LogP contribution is -2.41. The highest BCUT2D eigenvalue weighted by molar-refractivity contribution is 7.99. The van der Waals surface area contributed by atoms with Gasteiger partial charge in [0, 0.05) is 44.6 Å². The third-order valence-electron chi connectivity index (χ3n) is 3.19. The highest BCUT2D eigenvalue weighted by Crippen LogP contribution is 2.20. The first kappa shape index (κ1) is 20.5. The number of thioether (sulfide) groups is 1. The molecule has 0 fully saturated rings. The molecule has 0 rings (SSSR count). The molecule has 0 amide bonds. The van der Waals surface area contributed by atoms with E-state index in [0.29, 0.717) is 0 Å². The average Bonchev–Trinajstić information content (AvgIpc) is 2.45. The second-order valence-electron chi connectivity index (χ2n) is 5.74. The molecule has 126 valence electrons. The first-order chi connectivity index (χ1) is 9.95. The van der Waals surface area contributed by atoms with Gasteiger partial charge in [0.15, 0.2) is 5.96 Å². The van der Waals surface area contributed by atoms with E-state index in [2.05, 4.69) is 54.6 Å². The van der Waals surface area contributed by atoms with E-state index in [1.165, 1.54) is 0 Å². The van der Waals surface area contributed by atoms with Crippen molar-refractivity contribution in [1.29, 1.82) is 0 Å². The van der Waals surface area contributed by atoms with Crippen LogP contribution < -0.4 is 10.6 Å². The second-order valence-corrected chi connectivity index (χ2v) is 7.25. The Morgan fingerprint density at radius 2 is 2.00 bits per heavy atom. The Bertz CT molecular complexity index is 285. The van der Waals surface area contributed by atoms with Crippen LogP contribution in [0.2, 0.25) is 0 Å². The van der Waals surface area contributed by atoms with E-state index in [0.717, 1.165) is 51.7 Å². The number of aliphatic imine (C=N–C) groups is 1. The zero-order valence-corrected chi connectivity index (χ0v) is 15.5. The van der Waals surface area contributed by atoms with Gasteiger partial charge in [-0.2, -0.15) is 11.8 Å². The van der Waals surface area contributed by atoms with E-state index in [-0.39, 0.29) is 4.75 Å². The van der Waals surface area contributed by atoms with Crippen LogP contribution in [0.1, 0.15) is 27.2 Å². The number of guanidine groups is 1. The minimum atomic E-state index is 0.180. The lowest BCUT2D eigenvalue weighted by molar-refractivity contribution is 0.180. The first-order valence-corrected chi connectivity index (χ1v) is 8.92. The molecule has 0 heterocycles. The van der Waals surface area contributed by atoms with Gasteiger partial charge in [-0.15, -0.1) is 0 Å². The Kier molecular flexibility index (Phi) is 11.9. The molecule has 6 heteroatoms. The predicted molar refractivity (Wildman–Crippen MR) is 95.6 cm³/mol. The van der Waals surface area contributed by atoms with Gasteiger partial charge in [-0.05, 0) is 40.5 Å². The molecule has 2 N–H and O–H groups in total. The van der Waals surface area contributed by atoms with Crippen molar-refractivity contribution in [2.75, 3.05) is 59.7 Å². The summed E-state index contributed by atoms with van der Waals surface area (Å²) >= 11 is 1.84. The molecule has 0 bridgehead atoms. The van der Waals surface area contributed by atoms with Gasteiger partial charge in [0.1, 0.15) is 0 Å². The maximum absolute atomic E-state index is 5.07. The van der Waals surface area contributed by atoms with E-state index >= 15 is 0 Å². The first-order valence-electron chi connectivity index (χ1n) is 7.70. The van der Waals surface area contributed by atoms with Gasteiger partial charge in [0.25, 0.3) is 0 Å². The SMILES string of the molecule is CCNC(=NCC(C)(C)SC)NCCN(C)CCCOC. The summed E-state index contributed by atoms with van der Waals surface area (Å²) in [5.74, 6) is 0.907. The standard InChI is InChI=1S/C15H34N4OS/c1-7-16-14(18-13-15(2,3)21-6)17-9-11-19(4)10-8-12-20-5/h7-13H2,1-6H3,(H2,16,17,18). The molecule has 0 spiro atoms. The second kappa shape index (κ2) is 12.1. The van der Waals surface area contributed by atoms with Crippen LogP contribution in [0, 0.1) is 0 Å². The summed E-state index contributed by atoms with van der Waals surface area (Å²) in [6.07, 6.45) is 3.20. The van der Waals surface area contributed by atoms with E-state index in [9.17, 15) is 0 Å². The third kappa shape index (κ3) is 11.8. The molecular formula is C15H34N4OS. The Balaban J connectivity index is 4.06. The zero-order valence-electron chi connectivity index (χ0n) is 14.7. The number of hydrogen-bond acceptors (Lipinski definition) is 4. The van der Waals surface area contributed by atoms with Gasteiger partial charge in [-0.25, -0.2) is 0 Å². The predicted octanol–water partition coefficient (Wildman–Crippen LogP) is 1.65. The van der Waals surface area contributed by atoms with Crippen molar-refractivity contribution in [1.82, 2.24) is 15.5 Å². The topological polar surface area (TPSA) is 48.9 Å². The lowest BCUT2D eigenvalue weighted by Gasteiger charge is -2.21. The van der Waals surface area contributed by atoms with Crippen molar-refractivity contribution in [2.45, 2.75) is 31.9 Å². The van der Waals surface area contributed by atoms with Crippen LogP contribution in [0.4, 0.5) is 0 Å². The van der Waals surface area contributed by atoms with E-state index in [1.807, 2.05) is 11.8 Å². The fourth-order valence-corrected chi connectivity index (χ4v) is 1.83. The van der Waals surface area contributed by atoms with Crippen LogP contribution in [-0.2, 0) is 4.74 Å². The monoisotopic (exact) mass is 318 g/mol. The van der Waals surface area contributed by atoms with Gasteiger partial charge in [-0.1, -0.05) is 0 Å². The van der Waals surface area contributed by atoms with Crippen molar-refractivity contribution >= 4 is 17.7 Å². The van der Waals surface area contributed by atoms with Crippen molar-refractivity contribution in [3.05, 3.63) is 0 Å². The summed E-state index contributed by atoms with van der Waals surface area (Å²) < 4.78 is 5.25. The lowest BCUT2D eigenvalue weighted by atomic mass is 10.2. The van der Waals surface area contributed by atoms with Crippen molar-refractivity contribution in [3.8, 4) is 0 Å². The molecule has 0 unspecified atom stereocenters. The third-order valence-corrected chi connectivity index (χ3v) is 4.42. The average molecular weight is 319 g/mol. The van der Waals surface area contributed by atoms with Gasteiger partial charge in [-0.3, -0.25) is 4.99 Å². The molecule has 0 aliphatic carbocycles. The van der Waals surface area contributed by atoms with E-state index in [4.69, 9.17) is 4.74 Å². The molecule has 0 aliphatic heterocycles. The molecule has 0 aliphatic rings. The molecule has 5 nitrogen and oxygen atoms in total. The summed E-state index contributed by atoms with van der Waals surface area (Å²) in [6, 6.07) is 0. The number of rotatable bonds is 11. The normalized spacial score (nSPS) is 12.8. The fraction of sp³-hybridized carbons (Fsp3) is 0.933. The maximum Gasteiger partial charge on any atom is 0.191 e. The van der Waals surface area contributed by atoms with Gasteiger partial charge < -0.3 is 20.3 Å². The number of likely N-dealkylation sites (N-methyl/N-ethyl adjacent to an activating group) is 1. The van der Waals surface area contributed by atoms with Crippen molar-refractivity contribution in [2.24, 2.45) is 4.99 Å². The minimum Gasteiger partial charge on any atom is -0.385 e. The van der Waals surface area contributed by atoms with Crippen LogP contribution in [-0.4, -0.2) is 75.4 Å². The Hall–Kier alpha value is -0.460. The Morgan fingerprint density at radius 1 is 1.29 bits per heavy atom. The van der Waals surface area contributed by atoms with Crippen LogP contribution >= 0.6 is 11.8 Å². The smallest absolute Gasteiger partial charge is 0.191 e. The molecule has 21 heavy (non-hydrogen) atoms. The molecule has 0 radical (unpaired) electrons. The summed E-state index contributed by atoms with van der Waals surface area (Å²) in [4.78, 5) is 6.97. The van der Waals surface area contributed by atoms with Crippen molar-refractivity contribution < 1.29 is 4.74 Å². The van der Waals surface area contributed by atoms with Crippen LogP contribution in [0.3, 0.4) is 0 Å². The van der Waals surface area contributed by atoms with Crippen LogP contribution in [0.25, 0.3) is 0 Å². The highest BCUT2D eigenvalue weighted by atomic mass is 32.2. The number of ether oxygens (including phenoxy) is 1. The summed E-state index contributed by atoms with van der Waals surface area (Å²) in [6.45, 7) is 12.0. The Labute approximate surface area is 135 Å². The van der Waals surface area contributed by atoms with E-state index in [1.54, 1.807) is 7.11 Å². The van der Waals surface area contributed by atoms with Gasteiger partial charge in [0.2, 0.25) is 0 Å².